The fourth-order valence-electron chi connectivity index (χ4n) is 3.60. The van der Waals surface area contributed by atoms with Gasteiger partial charge in [-0.3, -0.25) is 4.98 Å². The van der Waals surface area contributed by atoms with E-state index >= 15 is 0 Å². The molecule has 0 amide bonds. The number of nitrogens with zero attached hydrogens (tertiary/aromatic N) is 1. The van der Waals surface area contributed by atoms with Crippen LogP contribution in [0.5, 0.6) is 5.75 Å². The van der Waals surface area contributed by atoms with Crippen molar-refractivity contribution in [2.24, 2.45) is 0 Å². The molecule has 1 aromatic carbocycles. The maximum absolute atomic E-state index is 5.57. The van der Waals surface area contributed by atoms with E-state index < -0.39 is 0 Å². The molecule has 3 rings (SSSR count). The molecule has 1 heterocycles. The van der Waals surface area contributed by atoms with E-state index in [1.165, 1.54) is 31.2 Å². The molecule has 1 saturated carbocycles. The van der Waals surface area contributed by atoms with Crippen LogP contribution in [0.3, 0.4) is 0 Å². The molecule has 0 atom stereocenters. The van der Waals surface area contributed by atoms with Gasteiger partial charge < -0.3 is 10.1 Å². The summed E-state index contributed by atoms with van der Waals surface area (Å²) in [4.78, 5) is 4.41. The fourth-order valence-corrected chi connectivity index (χ4v) is 3.60. The fraction of sp³-hybridized carbons (Fsp3) is 0.450. The number of hydrogen-bond acceptors (Lipinski definition) is 3. The Hall–Kier alpha value is -2.03. The highest BCUT2D eigenvalue weighted by atomic mass is 16.5. The molecule has 122 valence electrons. The number of rotatable bonds is 5. The summed E-state index contributed by atoms with van der Waals surface area (Å²) in [6, 6.07) is 13.5. The lowest BCUT2D eigenvalue weighted by Crippen LogP contribution is -2.25. The zero-order valence-electron chi connectivity index (χ0n) is 14.1. The van der Waals surface area contributed by atoms with Crippen molar-refractivity contribution < 1.29 is 4.74 Å². The summed E-state index contributed by atoms with van der Waals surface area (Å²) in [6.07, 6.45) is 7.66. The Balaban J connectivity index is 1.63. The molecular weight excluding hydrogens is 284 g/mol. The average molecular weight is 310 g/mol. The van der Waals surface area contributed by atoms with Gasteiger partial charge >= 0.3 is 0 Å². The third-order valence-corrected chi connectivity index (χ3v) is 4.88. The molecule has 0 aliphatic heterocycles. The number of pyridine rings is 1. The van der Waals surface area contributed by atoms with E-state index in [4.69, 9.17) is 4.74 Å². The van der Waals surface area contributed by atoms with Crippen molar-refractivity contribution in [2.45, 2.75) is 51.0 Å². The third kappa shape index (κ3) is 3.66. The highest BCUT2D eigenvalue weighted by Gasteiger charge is 2.23. The molecule has 2 aromatic rings. The van der Waals surface area contributed by atoms with Gasteiger partial charge in [0.1, 0.15) is 0 Å². The SMILES string of the molecule is CCc1nccc(N[C@H]2CC[C@@H](c3ccccc3)CC2)c1OC. The molecule has 3 heteroatoms. The highest BCUT2D eigenvalue weighted by Crippen LogP contribution is 2.35. The lowest BCUT2D eigenvalue weighted by molar-refractivity contribution is 0.398. The predicted molar refractivity (Wildman–Crippen MR) is 95.2 cm³/mol. The monoisotopic (exact) mass is 310 g/mol. The van der Waals surface area contributed by atoms with Gasteiger partial charge in [0.2, 0.25) is 0 Å². The highest BCUT2D eigenvalue weighted by molar-refractivity contribution is 5.58. The molecule has 1 fully saturated rings. The van der Waals surface area contributed by atoms with Gasteiger partial charge in [0.05, 0.1) is 18.5 Å². The van der Waals surface area contributed by atoms with E-state index in [0.717, 1.165) is 23.6 Å². The summed E-state index contributed by atoms with van der Waals surface area (Å²) in [5, 5.41) is 3.68. The number of nitrogens with one attached hydrogen (secondary N) is 1. The maximum atomic E-state index is 5.57. The molecule has 1 N–H and O–H groups in total. The molecule has 3 nitrogen and oxygen atoms in total. The van der Waals surface area contributed by atoms with Crippen LogP contribution < -0.4 is 10.1 Å². The summed E-state index contributed by atoms with van der Waals surface area (Å²) in [7, 11) is 1.73. The molecule has 0 spiro atoms. The van der Waals surface area contributed by atoms with Crippen LogP contribution in [0.1, 0.15) is 49.8 Å². The van der Waals surface area contributed by atoms with E-state index in [1.54, 1.807) is 7.11 Å². The minimum absolute atomic E-state index is 0.524. The maximum Gasteiger partial charge on any atom is 0.163 e. The van der Waals surface area contributed by atoms with Crippen molar-refractivity contribution in [1.82, 2.24) is 4.98 Å². The second-order valence-corrected chi connectivity index (χ2v) is 6.30. The third-order valence-electron chi connectivity index (χ3n) is 4.88. The average Bonchev–Trinajstić information content (AvgIpc) is 2.63. The van der Waals surface area contributed by atoms with Crippen molar-refractivity contribution >= 4 is 5.69 Å². The van der Waals surface area contributed by atoms with E-state index in [9.17, 15) is 0 Å². The second kappa shape index (κ2) is 7.49. The van der Waals surface area contributed by atoms with E-state index in [2.05, 4.69) is 47.6 Å². The number of anilines is 1. The van der Waals surface area contributed by atoms with Crippen LogP contribution in [0.15, 0.2) is 42.6 Å². The quantitative estimate of drug-likeness (QED) is 0.862. The number of aromatic nitrogens is 1. The Morgan fingerprint density at radius 3 is 2.48 bits per heavy atom. The van der Waals surface area contributed by atoms with Gasteiger partial charge in [0.15, 0.2) is 5.75 Å². The summed E-state index contributed by atoms with van der Waals surface area (Å²) >= 11 is 0. The standard InChI is InChI=1S/C20H26N2O/c1-3-18-20(23-2)19(13-14-21-18)22-17-11-9-16(10-12-17)15-7-5-4-6-8-15/h4-8,13-14,16-17H,3,9-12H2,1-2H3,(H,21,22)/t16-,17+. The number of benzene rings is 1. The zero-order valence-corrected chi connectivity index (χ0v) is 14.1. The predicted octanol–water partition coefficient (Wildman–Crippen LogP) is 4.79. The minimum Gasteiger partial charge on any atom is -0.493 e. The van der Waals surface area contributed by atoms with Crippen LogP contribution in [0.2, 0.25) is 0 Å². The van der Waals surface area contributed by atoms with Crippen molar-refractivity contribution in [1.29, 1.82) is 0 Å². The van der Waals surface area contributed by atoms with Crippen molar-refractivity contribution in [3.63, 3.8) is 0 Å². The van der Waals surface area contributed by atoms with Gasteiger partial charge in [-0.25, -0.2) is 0 Å². The van der Waals surface area contributed by atoms with Gasteiger partial charge in [-0.15, -0.1) is 0 Å². The molecule has 0 radical (unpaired) electrons. The van der Waals surface area contributed by atoms with Gasteiger partial charge in [-0.05, 0) is 49.7 Å². The van der Waals surface area contributed by atoms with E-state index in [-0.39, 0.29) is 0 Å². The van der Waals surface area contributed by atoms with Crippen LogP contribution in [0.4, 0.5) is 5.69 Å². The summed E-state index contributed by atoms with van der Waals surface area (Å²) < 4.78 is 5.57. The topological polar surface area (TPSA) is 34.2 Å². The van der Waals surface area contributed by atoms with Crippen molar-refractivity contribution in [3.8, 4) is 5.75 Å². The van der Waals surface area contributed by atoms with Crippen LogP contribution >= 0.6 is 0 Å². The lowest BCUT2D eigenvalue weighted by Gasteiger charge is -2.30. The van der Waals surface area contributed by atoms with Crippen LogP contribution in [0, 0.1) is 0 Å². The van der Waals surface area contributed by atoms with Crippen molar-refractivity contribution in [3.05, 3.63) is 53.9 Å². The first-order valence-corrected chi connectivity index (χ1v) is 8.65. The first kappa shape index (κ1) is 15.9. The van der Waals surface area contributed by atoms with Crippen LogP contribution in [-0.4, -0.2) is 18.1 Å². The van der Waals surface area contributed by atoms with Crippen LogP contribution in [-0.2, 0) is 6.42 Å². The van der Waals surface area contributed by atoms with Crippen LogP contribution in [0.25, 0.3) is 0 Å². The molecule has 23 heavy (non-hydrogen) atoms. The van der Waals surface area contributed by atoms with E-state index in [1.807, 2.05) is 12.3 Å². The summed E-state index contributed by atoms with van der Waals surface area (Å²) in [5.74, 6) is 1.61. The lowest BCUT2D eigenvalue weighted by atomic mass is 9.82. The molecule has 0 bridgehead atoms. The van der Waals surface area contributed by atoms with Gasteiger partial charge in [0.25, 0.3) is 0 Å². The van der Waals surface area contributed by atoms with Gasteiger partial charge in [0, 0.05) is 12.2 Å². The summed E-state index contributed by atoms with van der Waals surface area (Å²) in [5.41, 5.74) is 3.60. The Kier molecular flexibility index (Phi) is 5.16. The normalized spacial score (nSPS) is 21.0. The molecule has 0 unspecified atom stereocenters. The number of hydrogen-bond donors (Lipinski definition) is 1. The largest absolute Gasteiger partial charge is 0.493 e. The van der Waals surface area contributed by atoms with Gasteiger partial charge in [-0.1, -0.05) is 37.3 Å². The number of methoxy groups -OCH3 is 1. The van der Waals surface area contributed by atoms with Crippen molar-refractivity contribution in [2.75, 3.05) is 12.4 Å². The molecule has 1 aliphatic carbocycles. The molecular formula is C20H26N2O. The minimum atomic E-state index is 0.524. The Morgan fingerprint density at radius 2 is 1.83 bits per heavy atom. The molecule has 0 saturated heterocycles. The number of aryl methyl sites for hydroxylation is 1. The smallest absolute Gasteiger partial charge is 0.163 e. The Morgan fingerprint density at radius 1 is 1.09 bits per heavy atom. The first-order valence-electron chi connectivity index (χ1n) is 8.65. The molecule has 1 aromatic heterocycles. The number of ether oxygens (including phenoxy) is 1. The zero-order chi connectivity index (χ0) is 16.1. The Bertz CT molecular complexity index is 619. The second-order valence-electron chi connectivity index (χ2n) is 6.30. The summed E-state index contributed by atoms with van der Waals surface area (Å²) in [6.45, 7) is 2.11. The first-order chi connectivity index (χ1) is 11.3. The Labute approximate surface area is 139 Å². The van der Waals surface area contributed by atoms with E-state index in [0.29, 0.717) is 12.0 Å². The van der Waals surface area contributed by atoms with Gasteiger partial charge in [-0.2, -0.15) is 0 Å². The molecule has 1 aliphatic rings.